The lowest BCUT2D eigenvalue weighted by Gasteiger charge is -2.11. The smallest absolute Gasteiger partial charge is 0.0755 e. The van der Waals surface area contributed by atoms with E-state index in [9.17, 15) is 0 Å². The summed E-state index contributed by atoms with van der Waals surface area (Å²) >= 11 is 0. The summed E-state index contributed by atoms with van der Waals surface area (Å²) in [7, 11) is 1.93. The molecule has 0 saturated carbocycles. The van der Waals surface area contributed by atoms with Gasteiger partial charge >= 0.3 is 0 Å². The van der Waals surface area contributed by atoms with E-state index < -0.39 is 0 Å². The van der Waals surface area contributed by atoms with Crippen LogP contribution < -0.4 is 5.32 Å². The minimum atomic E-state index is 0.337. The number of rotatable bonds is 3. The molecule has 1 N–H and O–H groups in total. The van der Waals surface area contributed by atoms with Crippen molar-refractivity contribution in [1.82, 2.24) is 15.3 Å². The van der Waals surface area contributed by atoms with Gasteiger partial charge < -0.3 is 5.32 Å². The molecule has 0 amide bonds. The molecule has 1 aromatic heterocycles. The highest BCUT2D eigenvalue weighted by Gasteiger charge is 2.05. The Morgan fingerprint density at radius 2 is 2.36 bits per heavy atom. The molecule has 1 atom stereocenters. The Morgan fingerprint density at radius 3 is 2.82 bits per heavy atom. The Labute approximate surface area is 66.9 Å². The number of hydrogen-bond donors (Lipinski definition) is 1. The van der Waals surface area contributed by atoms with Crippen molar-refractivity contribution in [2.75, 3.05) is 7.05 Å². The molecule has 0 aliphatic carbocycles. The van der Waals surface area contributed by atoms with Crippen LogP contribution in [-0.4, -0.2) is 17.0 Å². The van der Waals surface area contributed by atoms with Gasteiger partial charge in [-0.1, -0.05) is 6.92 Å². The molecule has 0 spiro atoms. The van der Waals surface area contributed by atoms with Crippen molar-refractivity contribution in [3.63, 3.8) is 0 Å². The van der Waals surface area contributed by atoms with Crippen LogP contribution >= 0.6 is 0 Å². The van der Waals surface area contributed by atoms with E-state index in [1.165, 1.54) is 0 Å². The van der Waals surface area contributed by atoms with Crippen molar-refractivity contribution in [3.05, 3.63) is 24.3 Å². The second kappa shape index (κ2) is 4.03. The van der Waals surface area contributed by atoms with Gasteiger partial charge in [-0.15, -0.1) is 0 Å². The normalized spacial score (nSPS) is 12.9. The van der Waals surface area contributed by atoms with Gasteiger partial charge in [-0.25, -0.2) is 0 Å². The summed E-state index contributed by atoms with van der Waals surface area (Å²) in [6, 6.07) is 0.337. The van der Waals surface area contributed by atoms with E-state index in [1.54, 1.807) is 18.6 Å². The summed E-state index contributed by atoms with van der Waals surface area (Å²) in [5.41, 5.74) is 1.01. The van der Waals surface area contributed by atoms with Gasteiger partial charge in [0.25, 0.3) is 0 Å². The maximum absolute atomic E-state index is 4.20. The van der Waals surface area contributed by atoms with Gasteiger partial charge in [0.2, 0.25) is 0 Å². The Hall–Kier alpha value is -0.960. The van der Waals surface area contributed by atoms with Gasteiger partial charge in [0.1, 0.15) is 0 Å². The lowest BCUT2D eigenvalue weighted by molar-refractivity contribution is 0.559. The molecule has 0 saturated heterocycles. The maximum atomic E-state index is 4.20. The quantitative estimate of drug-likeness (QED) is 0.704. The third-order valence-corrected chi connectivity index (χ3v) is 1.70. The Morgan fingerprint density at radius 1 is 1.55 bits per heavy atom. The predicted molar refractivity (Wildman–Crippen MR) is 44.1 cm³/mol. The van der Waals surface area contributed by atoms with Gasteiger partial charge in [-0.05, 0) is 13.5 Å². The third-order valence-electron chi connectivity index (χ3n) is 1.70. The van der Waals surface area contributed by atoms with Crippen LogP contribution in [0.1, 0.15) is 25.1 Å². The molecular weight excluding hydrogens is 138 g/mol. The SMILES string of the molecule is CCC(NC)c1cnccn1. The van der Waals surface area contributed by atoms with E-state index in [2.05, 4.69) is 22.2 Å². The number of hydrogen-bond acceptors (Lipinski definition) is 3. The van der Waals surface area contributed by atoms with Crippen LogP contribution in [0.15, 0.2) is 18.6 Å². The minimum absolute atomic E-state index is 0.337. The Balaban J connectivity index is 2.74. The van der Waals surface area contributed by atoms with Crippen LogP contribution in [0, 0.1) is 0 Å². The van der Waals surface area contributed by atoms with Crippen LogP contribution in [0.25, 0.3) is 0 Å². The second-order valence-corrected chi connectivity index (χ2v) is 2.38. The van der Waals surface area contributed by atoms with Crippen LogP contribution in [0.2, 0.25) is 0 Å². The molecule has 0 radical (unpaired) electrons. The van der Waals surface area contributed by atoms with Crippen molar-refractivity contribution in [3.8, 4) is 0 Å². The molecule has 11 heavy (non-hydrogen) atoms. The third kappa shape index (κ3) is 1.98. The highest BCUT2D eigenvalue weighted by molar-refractivity contribution is 5.01. The van der Waals surface area contributed by atoms with Gasteiger partial charge in [-0.3, -0.25) is 9.97 Å². The largest absolute Gasteiger partial charge is 0.312 e. The average molecular weight is 151 g/mol. The molecule has 1 heterocycles. The van der Waals surface area contributed by atoms with E-state index in [1.807, 2.05) is 7.05 Å². The first-order chi connectivity index (χ1) is 5.38. The lowest BCUT2D eigenvalue weighted by atomic mass is 10.2. The highest BCUT2D eigenvalue weighted by Crippen LogP contribution is 2.10. The fourth-order valence-electron chi connectivity index (χ4n) is 1.05. The van der Waals surface area contributed by atoms with Crippen molar-refractivity contribution in [2.24, 2.45) is 0 Å². The molecule has 0 fully saturated rings. The molecule has 0 aliphatic rings. The van der Waals surface area contributed by atoms with Crippen molar-refractivity contribution < 1.29 is 0 Å². The molecule has 1 unspecified atom stereocenters. The van der Waals surface area contributed by atoms with E-state index >= 15 is 0 Å². The zero-order chi connectivity index (χ0) is 8.10. The summed E-state index contributed by atoms with van der Waals surface area (Å²) < 4.78 is 0. The lowest BCUT2D eigenvalue weighted by Crippen LogP contribution is -2.16. The predicted octanol–water partition coefficient (Wildman–Crippen LogP) is 1.15. The van der Waals surface area contributed by atoms with Crippen LogP contribution in [0.4, 0.5) is 0 Å². The van der Waals surface area contributed by atoms with Crippen molar-refractivity contribution >= 4 is 0 Å². The van der Waals surface area contributed by atoms with Crippen LogP contribution in [-0.2, 0) is 0 Å². The molecule has 0 aliphatic heterocycles. The van der Waals surface area contributed by atoms with E-state index in [-0.39, 0.29) is 0 Å². The zero-order valence-electron chi connectivity index (χ0n) is 6.91. The average Bonchev–Trinajstić information content (AvgIpc) is 2.09. The Kier molecular flexibility index (Phi) is 2.98. The number of nitrogens with one attached hydrogen (secondary N) is 1. The molecule has 1 aromatic rings. The standard InChI is InChI=1S/C8H13N3/c1-3-7(9-2)8-6-10-4-5-11-8/h4-7,9H,3H2,1-2H3. The topological polar surface area (TPSA) is 37.8 Å². The maximum Gasteiger partial charge on any atom is 0.0755 e. The van der Waals surface area contributed by atoms with Crippen molar-refractivity contribution in [1.29, 1.82) is 0 Å². The monoisotopic (exact) mass is 151 g/mol. The first-order valence-electron chi connectivity index (χ1n) is 3.81. The molecule has 60 valence electrons. The highest BCUT2D eigenvalue weighted by atomic mass is 14.9. The first-order valence-corrected chi connectivity index (χ1v) is 3.81. The molecule has 0 bridgehead atoms. The summed E-state index contributed by atoms with van der Waals surface area (Å²) in [6.45, 7) is 2.12. The first kappa shape index (κ1) is 8.14. The van der Waals surface area contributed by atoms with Crippen LogP contribution in [0.5, 0.6) is 0 Å². The molecule has 1 rings (SSSR count). The fraction of sp³-hybridized carbons (Fsp3) is 0.500. The summed E-state index contributed by atoms with van der Waals surface area (Å²) in [5.74, 6) is 0. The molecule has 3 nitrogen and oxygen atoms in total. The van der Waals surface area contributed by atoms with E-state index in [0.29, 0.717) is 6.04 Å². The summed E-state index contributed by atoms with van der Waals surface area (Å²) in [5, 5.41) is 3.17. The van der Waals surface area contributed by atoms with Gasteiger partial charge in [0.15, 0.2) is 0 Å². The van der Waals surface area contributed by atoms with E-state index in [4.69, 9.17) is 0 Å². The molecule has 3 heteroatoms. The molecular formula is C8H13N3. The van der Waals surface area contributed by atoms with Gasteiger partial charge in [-0.2, -0.15) is 0 Å². The van der Waals surface area contributed by atoms with Crippen molar-refractivity contribution in [2.45, 2.75) is 19.4 Å². The Bertz CT molecular complexity index is 194. The van der Waals surface area contributed by atoms with Gasteiger partial charge in [0, 0.05) is 18.6 Å². The van der Waals surface area contributed by atoms with Crippen LogP contribution in [0.3, 0.4) is 0 Å². The number of nitrogens with zero attached hydrogens (tertiary/aromatic N) is 2. The number of aromatic nitrogens is 2. The van der Waals surface area contributed by atoms with E-state index in [0.717, 1.165) is 12.1 Å². The summed E-state index contributed by atoms with van der Waals surface area (Å²) in [6.07, 6.45) is 6.24. The fourth-order valence-corrected chi connectivity index (χ4v) is 1.05. The zero-order valence-corrected chi connectivity index (χ0v) is 6.91. The summed E-state index contributed by atoms with van der Waals surface area (Å²) in [4.78, 5) is 8.19. The van der Waals surface area contributed by atoms with Gasteiger partial charge in [0.05, 0.1) is 11.7 Å². The molecule has 0 aromatic carbocycles. The second-order valence-electron chi connectivity index (χ2n) is 2.38. The minimum Gasteiger partial charge on any atom is -0.312 e.